The van der Waals surface area contributed by atoms with E-state index in [1.54, 1.807) is 31.2 Å². The Hall–Kier alpha value is -2.61. The second-order valence-electron chi connectivity index (χ2n) is 4.20. The highest BCUT2D eigenvalue weighted by atomic mass is 32.2. The Morgan fingerprint density at radius 2 is 2.10 bits per heavy atom. The van der Waals surface area contributed by atoms with Crippen LogP contribution in [0.5, 0.6) is 0 Å². The van der Waals surface area contributed by atoms with E-state index in [9.17, 15) is 14.7 Å². The van der Waals surface area contributed by atoms with E-state index in [0.29, 0.717) is 17.1 Å². The molecule has 106 valence electrons. The number of aryl methyl sites for hydroxylation is 1. The van der Waals surface area contributed by atoms with Crippen molar-refractivity contribution in [1.29, 1.82) is 0 Å². The Kier molecular flexibility index (Phi) is 3.22. The molecule has 0 bridgehead atoms. The number of nitrogens with one attached hydrogen (secondary N) is 1. The van der Waals surface area contributed by atoms with E-state index < -0.39 is 11.9 Å². The first-order valence-corrected chi connectivity index (χ1v) is 6.74. The van der Waals surface area contributed by atoms with Crippen LogP contribution in [0, 0.1) is 6.92 Å². The number of fused-ring (bicyclic) bond motifs is 1. The lowest BCUT2D eigenvalue weighted by molar-refractivity contribution is -0.132. The number of carboxylic acid groups (broad SMARTS) is 1. The normalized spacial score (nSPS) is 15.6. The molecule has 0 spiro atoms. The fraction of sp³-hybridized carbons (Fsp3) is 0.0769. The fourth-order valence-electron chi connectivity index (χ4n) is 1.95. The summed E-state index contributed by atoms with van der Waals surface area (Å²) in [6, 6.07) is 6.89. The van der Waals surface area contributed by atoms with Crippen LogP contribution in [0.1, 0.15) is 11.5 Å². The monoisotopic (exact) mass is 303 g/mol. The van der Waals surface area contributed by atoms with Crippen molar-refractivity contribution in [3.63, 3.8) is 0 Å². The third-order valence-electron chi connectivity index (χ3n) is 2.79. The number of aromatic nitrogens is 2. The summed E-state index contributed by atoms with van der Waals surface area (Å²) >= 11 is 0.761. The summed E-state index contributed by atoms with van der Waals surface area (Å²) in [5.74, 6) is -1.36. The highest BCUT2D eigenvalue weighted by Gasteiger charge is 2.31. The first-order chi connectivity index (χ1) is 10.1. The molecule has 0 atom stereocenters. The second kappa shape index (κ2) is 5.06. The molecule has 1 amide bonds. The van der Waals surface area contributed by atoms with Crippen LogP contribution in [0.25, 0.3) is 5.57 Å². The number of anilines is 1. The third-order valence-corrected chi connectivity index (χ3v) is 3.71. The van der Waals surface area contributed by atoms with E-state index in [0.717, 1.165) is 11.8 Å². The zero-order chi connectivity index (χ0) is 15.0. The number of aliphatic carboxylic acids is 1. The minimum absolute atomic E-state index is 0.0783. The Labute approximate surface area is 123 Å². The van der Waals surface area contributed by atoms with Crippen LogP contribution in [-0.2, 0) is 9.59 Å². The van der Waals surface area contributed by atoms with Crippen LogP contribution in [-0.4, -0.2) is 27.2 Å². The molecular weight excluding hydrogens is 294 g/mol. The summed E-state index contributed by atoms with van der Waals surface area (Å²) in [5, 5.41) is 19.5. The van der Waals surface area contributed by atoms with Gasteiger partial charge in [-0.2, -0.15) is 0 Å². The number of carbonyl (C=O) groups is 2. The van der Waals surface area contributed by atoms with Crippen molar-refractivity contribution in [3.05, 3.63) is 40.6 Å². The molecule has 21 heavy (non-hydrogen) atoms. The molecule has 0 fully saturated rings. The van der Waals surface area contributed by atoms with Crippen LogP contribution in [0.3, 0.4) is 0 Å². The van der Waals surface area contributed by atoms with Gasteiger partial charge in [-0.25, -0.2) is 4.79 Å². The molecule has 0 saturated heterocycles. The SMILES string of the molecule is Cc1nnc(S/C(C(=O)O)=C2/C(=O)Nc3ccccc32)o1. The first kappa shape index (κ1) is 13.4. The molecule has 1 aromatic heterocycles. The number of nitrogens with zero attached hydrogens (tertiary/aromatic N) is 2. The van der Waals surface area contributed by atoms with Gasteiger partial charge in [0.2, 0.25) is 5.89 Å². The number of rotatable bonds is 3. The second-order valence-corrected chi connectivity index (χ2v) is 5.16. The number of hydrogen-bond acceptors (Lipinski definition) is 6. The van der Waals surface area contributed by atoms with Crippen LogP contribution < -0.4 is 5.32 Å². The molecule has 1 aliphatic heterocycles. The van der Waals surface area contributed by atoms with Crippen LogP contribution in [0.2, 0.25) is 0 Å². The van der Waals surface area contributed by atoms with Gasteiger partial charge >= 0.3 is 5.97 Å². The molecule has 3 rings (SSSR count). The molecule has 1 aromatic carbocycles. The number of benzene rings is 1. The Morgan fingerprint density at radius 1 is 1.33 bits per heavy atom. The van der Waals surface area contributed by atoms with Crippen molar-refractivity contribution in [1.82, 2.24) is 10.2 Å². The Balaban J connectivity index is 2.11. The summed E-state index contributed by atoms with van der Waals surface area (Å²) < 4.78 is 5.16. The number of hydrogen-bond donors (Lipinski definition) is 2. The number of thioether (sulfide) groups is 1. The summed E-state index contributed by atoms with van der Waals surface area (Å²) in [5.41, 5.74) is 1.22. The molecular formula is C13H9N3O4S. The zero-order valence-electron chi connectivity index (χ0n) is 10.8. The van der Waals surface area contributed by atoms with Crippen LogP contribution in [0.4, 0.5) is 5.69 Å². The van der Waals surface area contributed by atoms with Gasteiger partial charge in [0, 0.05) is 18.2 Å². The molecule has 0 unspecified atom stereocenters. The maximum atomic E-state index is 12.1. The highest BCUT2D eigenvalue weighted by Crippen LogP contribution is 2.39. The minimum atomic E-state index is -1.22. The highest BCUT2D eigenvalue weighted by molar-refractivity contribution is 8.04. The van der Waals surface area contributed by atoms with E-state index in [1.165, 1.54) is 0 Å². The number of carboxylic acids is 1. The number of carbonyl (C=O) groups excluding carboxylic acids is 1. The van der Waals surface area contributed by atoms with Crippen LogP contribution in [0.15, 0.2) is 38.8 Å². The molecule has 0 aliphatic carbocycles. The zero-order valence-corrected chi connectivity index (χ0v) is 11.6. The Bertz CT molecular complexity index is 781. The minimum Gasteiger partial charge on any atom is -0.477 e. The van der Waals surface area contributed by atoms with Gasteiger partial charge in [0.15, 0.2) is 0 Å². The van der Waals surface area contributed by atoms with Crippen LogP contribution >= 0.6 is 11.8 Å². The van der Waals surface area contributed by atoms with Crippen molar-refractivity contribution in [3.8, 4) is 0 Å². The first-order valence-electron chi connectivity index (χ1n) is 5.92. The van der Waals surface area contributed by atoms with E-state index >= 15 is 0 Å². The fourth-order valence-corrected chi connectivity index (χ4v) is 2.76. The lowest BCUT2D eigenvalue weighted by Crippen LogP contribution is -2.09. The molecule has 0 radical (unpaired) electrons. The van der Waals surface area contributed by atoms with Crippen molar-refractivity contribution >= 4 is 34.9 Å². The van der Waals surface area contributed by atoms with Crippen molar-refractivity contribution in [2.45, 2.75) is 12.1 Å². The standard InChI is InChI=1S/C13H9N3O4S/c1-6-15-16-13(20-6)21-10(12(18)19)9-7-4-2-3-5-8(7)14-11(9)17/h2-5H,1H3,(H,14,17)(H,18,19)/b10-9+. The molecule has 8 heteroatoms. The van der Waals surface area contributed by atoms with Gasteiger partial charge in [-0.05, 0) is 17.8 Å². The largest absolute Gasteiger partial charge is 0.477 e. The summed E-state index contributed by atoms with van der Waals surface area (Å²) in [7, 11) is 0. The number of para-hydroxylation sites is 1. The smallest absolute Gasteiger partial charge is 0.343 e. The molecule has 2 N–H and O–H groups in total. The molecule has 2 aromatic rings. The van der Waals surface area contributed by atoms with Crippen molar-refractivity contribution in [2.75, 3.05) is 5.32 Å². The quantitative estimate of drug-likeness (QED) is 0.659. The summed E-state index contributed by atoms with van der Waals surface area (Å²) in [6.45, 7) is 1.60. The van der Waals surface area contributed by atoms with E-state index in [-0.39, 0.29) is 15.7 Å². The molecule has 0 saturated carbocycles. The van der Waals surface area contributed by atoms with E-state index in [4.69, 9.17) is 4.42 Å². The number of amides is 1. The van der Waals surface area contributed by atoms with Gasteiger partial charge in [0.05, 0.1) is 5.57 Å². The molecule has 2 heterocycles. The average molecular weight is 303 g/mol. The van der Waals surface area contributed by atoms with Gasteiger partial charge < -0.3 is 14.8 Å². The topological polar surface area (TPSA) is 105 Å². The third kappa shape index (κ3) is 2.40. The molecule has 7 nitrogen and oxygen atoms in total. The van der Waals surface area contributed by atoms with E-state index in [1.807, 2.05) is 0 Å². The maximum Gasteiger partial charge on any atom is 0.343 e. The maximum absolute atomic E-state index is 12.1. The van der Waals surface area contributed by atoms with Gasteiger partial charge in [0.25, 0.3) is 11.1 Å². The van der Waals surface area contributed by atoms with Crippen molar-refractivity contribution < 1.29 is 19.1 Å². The molecule has 1 aliphatic rings. The predicted molar refractivity (Wildman–Crippen MR) is 74.5 cm³/mol. The Morgan fingerprint density at radius 3 is 2.76 bits per heavy atom. The lowest BCUT2D eigenvalue weighted by atomic mass is 10.1. The summed E-state index contributed by atoms with van der Waals surface area (Å²) in [4.78, 5) is 23.4. The van der Waals surface area contributed by atoms with Crippen molar-refractivity contribution in [2.24, 2.45) is 0 Å². The summed E-state index contributed by atoms with van der Waals surface area (Å²) in [6.07, 6.45) is 0. The van der Waals surface area contributed by atoms with Gasteiger partial charge in [-0.1, -0.05) is 18.2 Å². The average Bonchev–Trinajstić information content (AvgIpc) is 2.98. The van der Waals surface area contributed by atoms with Gasteiger partial charge in [0.1, 0.15) is 4.91 Å². The van der Waals surface area contributed by atoms with Gasteiger partial charge in [-0.15, -0.1) is 10.2 Å². The van der Waals surface area contributed by atoms with E-state index in [2.05, 4.69) is 15.5 Å². The van der Waals surface area contributed by atoms with Gasteiger partial charge in [-0.3, -0.25) is 4.79 Å². The predicted octanol–water partition coefficient (Wildman–Crippen LogP) is 1.92. The lowest BCUT2D eigenvalue weighted by Gasteiger charge is -2.03.